The molecule has 0 aliphatic rings. The van der Waals surface area contributed by atoms with E-state index in [0.29, 0.717) is 6.61 Å². The maximum Gasteiger partial charge on any atom is 0.301 e. The normalized spacial score (nSPS) is 12.3. The summed E-state index contributed by atoms with van der Waals surface area (Å²) in [6.07, 6.45) is 2.03. The number of aryl methyl sites for hydroxylation is 2. The van der Waals surface area contributed by atoms with Crippen LogP contribution < -0.4 is 10.3 Å². The van der Waals surface area contributed by atoms with E-state index in [1.807, 2.05) is 52.9 Å². The molecule has 1 aromatic rings. The summed E-state index contributed by atoms with van der Waals surface area (Å²) in [5.74, 6) is -0.402. The second-order valence-electron chi connectivity index (χ2n) is 4.01. The van der Waals surface area contributed by atoms with Gasteiger partial charge in [-0.2, -0.15) is 0 Å². The molecular weight excluding hydrogens is 203 g/mol. The van der Waals surface area contributed by atoms with Crippen LogP contribution in [0, 0.1) is 6.92 Å². The third kappa shape index (κ3) is 2.65. The zero-order valence-corrected chi connectivity index (χ0v) is 10.7. The van der Waals surface area contributed by atoms with E-state index >= 15 is 0 Å². The fourth-order valence-corrected chi connectivity index (χ4v) is 1.65. The molecule has 4 nitrogen and oxygen atoms in total. The highest BCUT2D eigenvalue weighted by Gasteiger charge is 2.25. The Morgan fingerprint density at radius 3 is 2.75 bits per heavy atom. The minimum Gasteiger partial charge on any atom is -0.466 e. The fraction of sp³-hybridized carbons (Fsp3) is 0.636. The molecule has 0 bridgehead atoms. The second kappa shape index (κ2) is 5.19. The monoisotopic (exact) mass is 222 g/mol. The van der Waals surface area contributed by atoms with Gasteiger partial charge in [-0.15, -0.1) is 0 Å². The first kappa shape index (κ1) is 12.8. The highest BCUT2D eigenvalue weighted by atomic mass is 16.5. The zero-order valence-electron chi connectivity index (χ0n) is 10.7. The fourth-order valence-electron chi connectivity index (χ4n) is 1.65. The molecule has 1 rings (SSSR count). The number of esters is 1. The van der Waals surface area contributed by atoms with Gasteiger partial charge in [0.2, 0.25) is 0 Å². The quantitative estimate of drug-likeness (QED) is 0.403. The summed E-state index contributed by atoms with van der Waals surface area (Å²) in [6, 6.07) is 0. The molecule has 1 unspecified atom stereocenters. The van der Waals surface area contributed by atoms with Crippen molar-refractivity contribution in [3.8, 4) is 0 Å². The van der Waals surface area contributed by atoms with E-state index < -0.39 is 0 Å². The summed E-state index contributed by atoms with van der Waals surface area (Å²) in [4.78, 5) is 11.5. The smallest absolute Gasteiger partial charge is 0.301 e. The van der Waals surface area contributed by atoms with E-state index in [-0.39, 0.29) is 11.8 Å². The summed E-state index contributed by atoms with van der Waals surface area (Å²) in [5.41, 5.74) is 2.17. The molecule has 0 spiro atoms. The predicted molar refractivity (Wildman–Crippen MR) is 62.8 cm³/mol. The van der Waals surface area contributed by atoms with E-state index in [0.717, 1.165) is 11.4 Å². The number of nitrogens with zero attached hydrogens (tertiary/aromatic N) is 2. The number of hydrogen-bond donors (Lipinski definition) is 0. The van der Waals surface area contributed by atoms with Crippen LogP contribution in [-0.4, -0.2) is 24.4 Å². The van der Waals surface area contributed by atoms with Gasteiger partial charge in [0.1, 0.15) is 11.9 Å². The highest BCUT2D eigenvalue weighted by molar-refractivity contribution is 6.56. The average Bonchev–Trinajstić information content (AvgIpc) is 2.45. The maximum atomic E-state index is 11.5. The van der Waals surface area contributed by atoms with Crippen molar-refractivity contribution < 1.29 is 14.1 Å². The van der Waals surface area contributed by atoms with Gasteiger partial charge in [0.25, 0.3) is 7.28 Å². The lowest BCUT2D eigenvalue weighted by Gasteiger charge is -2.07. The van der Waals surface area contributed by atoms with Crippen molar-refractivity contribution in [2.24, 2.45) is 14.1 Å². The van der Waals surface area contributed by atoms with Crippen molar-refractivity contribution in [2.75, 3.05) is 6.61 Å². The lowest BCUT2D eigenvalue weighted by Crippen LogP contribution is -2.51. The molecule has 0 N–H and O–H groups in total. The Morgan fingerprint density at radius 2 is 2.31 bits per heavy atom. The number of carbonyl (C=O) groups excluding carboxylic acids is 1. The van der Waals surface area contributed by atoms with Gasteiger partial charge in [-0.05, 0) is 6.92 Å². The molecule has 0 saturated carbocycles. The van der Waals surface area contributed by atoms with Crippen molar-refractivity contribution in [1.82, 2.24) is 4.57 Å². The van der Waals surface area contributed by atoms with Crippen molar-refractivity contribution in [1.29, 1.82) is 0 Å². The zero-order chi connectivity index (χ0) is 12.3. The largest absolute Gasteiger partial charge is 0.466 e. The lowest BCUT2D eigenvalue weighted by molar-refractivity contribution is -0.653. The standard InChI is InChI=1S/C11H19BN2O2/c1-6-16-10(15)9(3)12-11-13(4)7-8(2)14(11)5/h7,9H,6H2,1-5H3/q+1. The Kier molecular flexibility index (Phi) is 4.15. The molecule has 0 saturated heterocycles. The van der Waals surface area contributed by atoms with Crippen LogP contribution in [0.4, 0.5) is 0 Å². The number of hydrogen-bond acceptors (Lipinski definition) is 2. The number of carbonyl (C=O) groups is 1. The molecule has 16 heavy (non-hydrogen) atoms. The Hall–Kier alpha value is -1.26. The van der Waals surface area contributed by atoms with Gasteiger partial charge in [0.15, 0.2) is 5.72 Å². The van der Waals surface area contributed by atoms with Crippen LogP contribution in [0.3, 0.4) is 0 Å². The number of rotatable bonds is 4. The number of imidazole rings is 1. The molecule has 0 aromatic carbocycles. The third-order valence-corrected chi connectivity index (χ3v) is 2.67. The van der Waals surface area contributed by atoms with Gasteiger partial charge >= 0.3 is 5.97 Å². The van der Waals surface area contributed by atoms with Crippen LogP contribution >= 0.6 is 0 Å². The molecule has 0 amide bonds. The van der Waals surface area contributed by atoms with E-state index in [1.54, 1.807) is 0 Å². The van der Waals surface area contributed by atoms with E-state index in [1.165, 1.54) is 0 Å². The van der Waals surface area contributed by atoms with E-state index in [9.17, 15) is 4.79 Å². The predicted octanol–water partition coefficient (Wildman–Crippen LogP) is -0.141. The van der Waals surface area contributed by atoms with Gasteiger partial charge in [-0.1, -0.05) is 6.92 Å². The molecule has 0 fully saturated rings. The maximum absolute atomic E-state index is 11.5. The molecular formula is C11H19BN2O2+. The minimum absolute atomic E-state index is 0.179. The molecule has 87 valence electrons. The number of ether oxygens (including phenoxy) is 1. The third-order valence-electron chi connectivity index (χ3n) is 2.67. The van der Waals surface area contributed by atoms with Crippen molar-refractivity contribution in [3.63, 3.8) is 0 Å². The van der Waals surface area contributed by atoms with Crippen LogP contribution in [0.2, 0.25) is 5.82 Å². The Morgan fingerprint density at radius 1 is 1.69 bits per heavy atom. The molecule has 5 heteroatoms. The minimum atomic E-state index is -0.223. The molecule has 1 radical (unpaired) electrons. The molecule has 0 aliphatic carbocycles. The highest BCUT2D eigenvalue weighted by Crippen LogP contribution is 2.03. The summed E-state index contributed by atoms with van der Waals surface area (Å²) in [7, 11) is 5.88. The van der Waals surface area contributed by atoms with Crippen molar-refractivity contribution in [3.05, 3.63) is 11.9 Å². The van der Waals surface area contributed by atoms with Crippen LogP contribution in [0.5, 0.6) is 0 Å². The van der Waals surface area contributed by atoms with Crippen LogP contribution in [-0.2, 0) is 23.6 Å². The van der Waals surface area contributed by atoms with Crippen molar-refractivity contribution >= 4 is 19.0 Å². The van der Waals surface area contributed by atoms with Gasteiger partial charge in [0, 0.05) is 12.7 Å². The van der Waals surface area contributed by atoms with Gasteiger partial charge in [0.05, 0.1) is 20.7 Å². The van der Waals surface area contributed by atoms with E-state index in [2.05, 4.69) is 4.57 Å². The molecule has 1 heterocycles. The summed E-state index contributed by atoms with van der Waals surface area (Å²) in [6.45, 7) is 6.12. The van der Waals surface area contributed by atoms with Crippen LogP contribution in [0.1, 0.15) is 19.5 Å². The SMILES string of the molecule is CCOC(=O)C(C)[B]c1n(C)c(C)c[n+]1C. The topological polar surface area (TPSA) is 35.1 Å². The summed E-state index contributed by atoms with van der Waals surface area (Å²) >= 11 is 0. The Balaban J connectivity index is 2.76. The average molecular weight is 222 g/mol. The summed E-state index contributed by atoms with van der Waals surface area (Å²) in [5, 5.41) is 0. The Labute approximate surface area is 97.5 Å². The van der Waals surface area contributed by atoms with E-state index in [4.69, 9.17) is 4.74 Å². The molecule has 1 atom stereocenters. The van der Waals surface area contributed by atoms with Gasteiger partial charge in [-0.3, -0.25) is 4.79 Å². The molecule has 0 aliphatic heterocycles. The van der Waals surface area contributed by atoms with Crippen LogP contribution in [0.25, 0.3) is 0 Å². The van der Waals surface area contributed by atoms with Crippen LogP contribution in [0.15, 0.2) is 6.20 Å². The summed E-state index contributed by atoms with van der Waals surface area (Å²) < 4.78 is 9.03. The first-order valence-corrected chi connectivity index (χ1v) is 5.50. The lowest BCUT2D eigenvalue weighted by atomic mass is 9.64. The first-order valence-electron chi connectivity index (χ1n) is 5.50. The Bertz CT molecular complexity index is 388. The van der Waals surface area contributed by atoms with Gasteiger partial charge < -0.3 is 4.74 Å². The van der Waals surface area contributed by atoms with Gasteiger partial charge in [-0.25, -0.2) is 9.13 Å². The van der Waals surface area contributed by atoms with Crippen molar-refractivity contribution in [2.45, 2.75) is 26.6 Å². The number of aromatic nitrogens is 2. The second-order valence-corrected chi connectivity index (χ2v) is 4.01. The first-order chi connectivity index (χ1) is 7.47. The molecule has 1 aromatic heterocycles.